The van der Waals surface area contributed by atoms with Crippen molar-refractivity contribution in [3.63, 3.8) is 0 Å². The predicted molar refractivity (Wildman–Crippen MR) is 118 cm³/mol. The molecular formula is C24H34N2O4. The summed E-state index contributed by atoms with van der Waals surface area (Å²) in [6.45, 7) is 7.28. The quantitative estimate of drug-likeness (QED) is 0.645. The maximum absolute atomic E-state index is 9.66. The molecule has 0 saturated carbocycles. The molecule has 1 atom stereocenters. The summed E-state index contributed by atoms with van der Waals surface area (Å²) < 4.78 is 16.9. The molecule has 1 N–H and O–H groups in total. The Kier molecular flexibility index (Phi) is 8.37. The fraction of sp³-hybridized carbons (Fsp3) is 0.500. The third-order valence-corrected chi connectivity index (χ3v) is 5.68. The Balaban J connectivity index is 1.70. The number of methoxy groups -OCH3 is 2. The first-order valence-electron chi connectivity index (χ1n) is 10.7. The van der Waals surface area contributed by atoms with E-state index in [2.05, 4.69) is 28.0 Å². The van der Waals surface area contributed by atoms with Gasteiger partial charge in [0.1, 0.15) is 5.75 Å². The van der Waals surface area contributed by atoms with Crippen molar-refractivity contribution in [1.82, 2.24) is 9.80 Å². The fourth-order valence-corrected chi connectivity index (χ4v) is 4.20. The van der Waals surface area contributed by atoms with Crippen molar-refractivity contribution in [1.29, 1.82) is 0 Å². The molecule has 0 bridgehead atoms. The SMILES string of the molecule is CCOc1ccccc1CN1CCN(Cc2cccc(OC)c2OC)CC1CCO. The van der Waals surface area contributed by atoms with Gasteiger partial charge in [-0.1, -0.05) is 30.3 Å². The van der Waals surface area contributed by atoms with Crippen LogP contribution >= 0.6 is 0 Å². The summed E-state index contributed by atoms with van der Waals surface area (Å²) >= 11 is 0. The molecule has 6 heteroatoms. The number of nitrogens with zero attached hydrogens (tertiary/aromatic N) is 2. The van der Waals surface area contributed by atoms with Crippen LogP contribution in [-0.2, 0) is 13.1 Å². The molecule has 1 heterocycles. The minimum atomic E-state index is 0.185. The molecule has 0 aliphatic carbocycles. The lowest BCUT2D eigenvalue weighted by atomic mass is 10.1. The van der Waals surface area contributed by atoms with Crippen LogP contribution in [0, 0.1) is 0 Å². The molecule has 1 aliphatic rings. The van der Waals surface area contributed by atoms with Crippen LogP contribution in [-0.4, -0.2) is 68.0 Å². The van der Waals surface area contributed by atoms with E-state index in [0.717, 1.165) is 62.0 Å². The van der Waals surface area contributed by atoms with Gasteiger partial charge >= 0.3 is 0 Å². The van der Waals surface area contributed by atoms with Gasteiger partial charge in [0.05, 0.1) is 20.8 Å². The topological polar surface area (TPSA) is 54.4 Å². The van der Waals surface area contributed by atoms with E-state index in [1.165, 1.54) is 5.56 Å². The zero-order valence-electron chi connectivity index (χ0n) is 18.3. The molecule has 164 valence electrons. The van der Waals surface area contributed by atoms with Crippen molar-refractivity contribution in [2.45, 2.75) is 32.5 Å². The molecule has 1 aliphatic heterocycles. The van der Waals surface area contributed by atoms with Crippen molar-refractivity contribution >= 4 is 0 Å². The Hall–Kier alpha value is -2.28. The van der Waals surface area contributed by atoms with Crippen molar-refractivity contribution in [3.8, 4) is 17.2 Å². The molecule has 1 unspecified atom stereocenters. The highest BCUT2D eigenvalue weighted by Gasteiger charge is 2.28. The zero-order valence-corrected chi connectivity index (χ0v) is 18.3. The molecule has 2 aromatic carbocycles. The molecule has 30 heavy (non-hydrogen) atoms. The van der Waals surface area contributed by atoms with E-state index in [9.17, 15) is 5.11 Å². The van der Waals surface area contributed by atoms with Crippen LogP contribution in [0.4, 0.5) is 0 Å². The summed E-state index contributed by atoms with van der Waals surface area (Å²) in [5.74, 6) is 2.51. The maximum atomic E-state index is 9.66. The molecule has 6 nitrogen and oxygen atoms in total. The molecule has 3 rings (SSSR count). The summed E-state index contributed by atoms with van der Waals surface area (Å²) in [6.07, 6.45) is 0.753. The van der Waals surface area contributed by atoms with E-state index in [-0.39, 0.29) is 12.6 Å². The highest BCUT2D eigenvalue weighted by Crippen LogP contribution is 2.32. The Labute approximate surface area is 180 Å². The number of hydrogen-bond acceptors (Lipinski definition) is 6. The van der Waals surface area contributed by atoms with Crippen LogP contribution in [0.1, 0.15) is 24.5 Å². The lowest BCUT2D eigenvalue weighted by molar-refractivity contribution is 0.0490. The van der Waals surface area contributed by atoms with E-state index in [4.69, 9.17) is 14.2 Å². The summed E-state index contributed by atoms with van der Waals surface area (Å²) in [6, 6.07) is 14.5. The van der Waals surface area contributed by atoms with Gasteiger partial charge in [-0.2, -0.15) is 0 Å². The number of ether oxygens (including phenoxy) is 3. The second-order valence-corrected chi connectivity index (χ2v) is 7.57. The maximum Gasteiger partial charge on any atom is 0.165 e. The normalized spacial score (nSPS) is 17.7. The number of benzene rings is 2. The van der Waals surface area contributed by atoms with Crippen LogP contribution in [0.15, 0.2) is 42.5 Å². The summed E-state index contributed by atoms with van der Waals surface area (Å²) in [5, 5.41) is 9.66. The lowest BCUT2D eigenvalue weighted by Crippen LogP contribution is -2.52. The first-order chi connectivity index (χ1) is 14.7. The van der Waals surface area contributed by atoms with Gasteiger partial charge in [-0.25, -0.2) is 0 Å². The van der Waals surface area contributed by atoms with Crippen LogP contribution in [0.2, 0.25) is 0 Å². The van der Waals surface area contributed by atoms with Crippen LogP contribution in [0.25, 0.3) is 0 Å². The van der Waals surface area contributed by atoms with Crippen molar-refractivity contribution in [2.75, 3.05) is 47.1 Å². The second-order valence-electron chi connectivity index (χ2n) is 7.57. The highest BCUT2D eigenvalue weighted by molar-refractivity contribution is 5.46. The molecular weight excluding hydrogens is 380 g/mol. The molecule has 1 fully saturated rings. The first kappa shape index (κ1) is 22.4. The molecule has 0 aromatic heterocycles. The average Bonchev–Trinajstić information content (AvgIpc) is 2.77. The van der Waals surface area contributed by atoms with E-state index >= 15 is 0 Å². The van der Waals surface area contributed by atoms with E-state index in [1.807, 2.05) is 31.2 Å². The average molecular weight is 415 g/mol. The molecule has 0 radical (unpaired) electrons. The van der Waals surface area contributed by atoms with Gasteiger partial charge in [-0.15, -0.1) is 0 Å². The number of hydrogen-bond donors (Lipinski definition) is 1. The van der Waals surface area contributed by atoms with Crippen molar-refractivity contribution in [3.05, 3.63) is 53.6 Å². The third-order valence-electron chi connectivity index (χ3n) is 5.68. The van der Waals surface area contributed by atoms with Gasteiger partial charge in [0.2, 0.25) is 0 Å². The Morgan fingerprint density at radius 1 is 0.933 bits per heavy atom. The summed E-state index contributed by atoms with van der Waals surface area (Å²) in [5.41, 5.74) is 2.32. The monoisotopic (exact) mass is 414 g/mol. The fourth-order valence-electron chi connectivity index (χ4n) is 4.20. The number of para-hydroxylation sites is 2. The van der Waals surface area contributed by atoms with Crippen molar-refractivity contribution < 1.29 is 19.3 Å². The number of aliphatic hydroxyl groups is 1. The largest absolute Gasteiger partial charge is 0.494 e. The Morgan fingerprint density at radius 3 is 2.43 bits per heavy atom. The standard InChI is InChI=1S/C24H34N2O4/c1-4-30-22-10-6-5-8-19(22)17-26-14-13-25(18-21(26)12-15-27)16-20-9-7-11-23(28-2)24(20)29-3/h5-11,21,27H,4,12-18H2,1-3H3. The third kappa shape index (κ3) is 5.45. The van der Waals surface area contributed by atoms with Crippen molar-refractivity contribution in [2.24, 2.45) is 0 Å². The van der Waals surface area contributed by atoms with E-state index in [1.54, 1.807) is 14.2 Å². The van der Waals surface area contributed by atoms with Gasteiger partial charge in [0.25, 0.3) is 0 Å². The van der Waals surface area contributed by atoms with Gasteiger partial charge in [-0.3, -0.25) is 9.80 Å². The molecule has 2 aromatic rings. The van der Waals surface area contributed by atoms with Gasteiger partial charge in [-0.05, 0) is 25.5 Å². The second kappa shape index (κ2) is 11.2. The minimum absolute atomic E-state index is 0.185. The van der Waals surface area contributed by atoms with E-state index < -0.39 is 0 Å². The summed E-state index contributed by atoms with van der Waals surface area (Å²) in [4.78, 5) is 4.90. The zero-order chi connectivity index (χ0) is 21.3. The number of piperazine rings is 1. The number of aliphatic hydroxyl groups excluding tert-OH is 1. The number of rotatable bonds is 10. The lowest BCUT2D eigenvalue weighted by Gasteiger charge is -2.41. The Bertz CT molecular complexity index is 799. The smallest absolute Gasteiger partial charge is 0.165 e. The van der Waals surface area contributed by atoms with E-state index in [0.29, 0.717) is 6.61 Å². The van der Waals surface area contributed by atoms with Crippen LogP contribution in [0.5, 0.6) is 17.2 Å². The van der Waals surface area contributed by atoms with Crippen LogP contribution < -0.4 is 14.2 Å². The highest BCUT2D eigenvalue weighted by atomic mass is 16.5. The van der Waals surface area contributed by atoms with Gasteiger partial charge < -0.3 is 19.3 Å². The molecule has 0 amide bonds. The van der Waals surface area contributed by atoms with Gasteiger partial charge in [0, 0.05) is 56.5 Å². The van der Waals surface area contributed by atoms with Gasteiger partial charge in [0.15, 0.2) is 11.5 Å². The first-order valence-corrected chi connectivity index (χ1v) is 10.7. The molecule has 0 spiro atoms. The predicted octanol–water partition coefficient (Wildman–Crippen LogP) is 3.17. The van der Waals surface area contributed by atoms with Crippen LogP contribution in [0.3, 0.4) is 0 Å². The minimum Gasteiger partial charge on any atom is -0.494 e. The molecule has 1 saturated heterocycles. The Morgan fingerprint density at radius 2 is 1.70 bits per heavy atom. The summed E-state index contributed by atoms with van der Waals surface area (Å²) in [7, 11) is 3.35.